The van der Waals surface area contributed by atoms with E-state index in [9.17, 15) is 0 Å². The van der Waals surface area contributed by atoms with Gasteiger partial charge in [0.05, 0.1) is 0 Å². The van der Waals surface area contributed by atoms with Crippen molar-refractivity contribution in [3.63, 3.8) is 0 Å². The molecule has 1 aromatic heterocycles. The summed E-state index contributed by atoms with van der Waals surface area (Å²) in [6, 6.07) is 12.4. The molecule has 1 nitrogen and oxygen atoms in total. The fraction of sp³-hybridized carbons (Fsp3) is 0.214. The van der Waals surface area contributed by atoms with Crippen molar-refractivity contribution < 1.29 is 0 Å². The first-order valence-corrected chi connectivity index (χ1v) is 7.01. The maximum atomic E-state index is 5.74. The molecule has 0 aliphatic rings. The highest BCUT2D eigenvalue weighted by Gasteiger charge is 1.99. The smallest absolute Gasteiger partial charge is 0.129 e. The number of aryl methyl sites for hydroxylation is 1. The van der Waals surface area contributed by atoms with Crippen molar-refractivity contribution in [2.45, 2.75) is 18.4 Å². The van der Waals surface area contributed by atoms with Crippen LogP contribution in [0.4, 0.5) is 0 Å². The van der Waals surface area contributed by atoms with Crippen molar-refractivity contribution in [1.82, 2.24) is 4.98 Å². The van der Waals surface area contributed by atoms with Crippen LogP contribution in [-0.2, 0) is 11.5 Å². The van der Waals surface area contributed by atoms with Gasteiger partial charge in [-0.25, -0.2) is 4.98 Å². The Balaban J connectivity index is 1.88. The van der Waals surface area contributed by atoms with Gasteiger partial charge in [0.15, 0.2) is 0 Å². The van der Waals surface area contributed by atoms with E-state index in [1.807, 2.05) is 30.1 Å². The topological polar surface area (TPSA) is 12.9 Å². The summed E-state index contributed by atoms with van der Waals surface area (Å²) in [4.78, 5) is 4.07. The summed E-state index contributed by atoms with van der Waals surface area (Å²) in [6.07, 6.45) is 1.84. The van der Waals surface area contributed by atoms with E-state index < -0.39 is 0 Å². The highest BCUT2D eigenvalue weighted by Crippen LogP contribution is 2.20. The standard InChI is InChI=1S/C14H14ClNS/c1-11-4-2-3-5-13(11)10-17-9-12-6-7-14(15)16-8-12/h2-8H,9-10H2,1H3. The van der Waals surface area contributed by atoms with Crippen molar-refractivity contribution in [3.05, 3.63) is 64.4 Å². The summed E-state index contributed by atoms with van der Waals surface area (Å²) in [7, 11) is 0. The third kappa shape index (κ3) is 3.76. The van der Waals surface area contributed by atoms with E-state index in [-0.39, 0.29) is 0 Å². The molecule has 0 N–H and O–H groups in total. The number of rotatable bonds is 4. The molecule has 0 saturated carbocycles. The van der Waals surface area contributed by atoms with Crippen molar-refractivity contribution in [2.75, 3.05) is 0 Å². The molecule has 2 aromatic rings. The number of halogens is 1. The van der Waals surface area contributed by atoms with E-state index in [2.05, 4.69) is 36.2 Å². The SMILES string of the molecule is Cc1ccccc1CSCc1ccc(Cl)nc1. The van der Waals surface area contributed by atoms with Gasteiger partial charge < -0.3 is 0 Å². The Labute approximate surface area is 111 Å². The molecule has 88 valence electrons. The molecule has 0 aliphatic carbocycles. The third-order valence-electron chi connectivity index (χ3n) is 2.58. The van der Waals surface area contributed by atoms with Gasteiger partial charge in [0.1, 0.15) is 5.15 Å². The van der Waals surface area contributed by atoms with E-state index in [4.69, 9.17) is 11.6 Å². The van der Waals surface area contributed by atoms with Gasteiger partial charge in [-0.05, 0) is 29.7 Å². The molecular formula is C14H14ClNS. The first-order valence-electron chi connectivity index (χ1n) is 5.48. The molecule has 1 aromatic carbocycles. The molecule has 2 rings (SSSR count). The molecule has 0 spiro atoms. The Bertz CT molecular complexity index is 482. The highest BCUT2D eigenvalue weighted by atomic mass is 35.5. The van der Waals surface area contributed by atoms with Crippen LogP contribution in [0.1, 0.15) is 16.7 Å². The summed E-state index contributed by atoms with van der Waals surface area (Å²) in [6.45, 7) is 2.15. The quantitative estimate of drug-likeness (QED) is 0.755. The number of hydrogen-bond acceptors (Lipinski definition) is 2. The van der Waals surface area contributed by atoms with Crippen LogP contribution in [0.5, 0.6) is 0 Å². The lowest BCUT2D eigenvalue weighted by atomic mass is 10.1. The molecule has 0 unspecified atom stereocenters. The molecule has 0 aliphatic heterocycles. The second-order valence-electron chi connectivity index (χ2n) is 3.91. The lowest BCUT2D eigenvalue weighted by Crippen LogP contribution is -1.87. The maximum absolute atomic E-state index is 5.74. The first kappa shape index (κ1) is 12.5. The minimum Gasteiger partial charge on any atom is -0.244 e. The molecule has 0 saturated heterocycles. The predicted octanol–water partition coefficient (Wildman–Crippen LogP) is 4.48. The van der Waals surface area contributed by atoms with Crippen LogP contribution in [0.15, 0.2) is 42.6 Å². The molecule has 0 amide bonds. The van der Waals surface area contributed by atoms with Crippen LogP contribution in [0, 0.1) is 6.92 Å². The van der Waals surface area contributed by atoms with E-state index in [1.54, 1.807) is 0 Å². The Kier molecular flexibility index (Phi) is 4.46. The number of pyridine rings is 1. The Morgan fingerprint density at radius 1 is 1.12 bits per heavy atom. The van der Waals surface area contributed by atoms with Crippen molar-refractivity contribution in [1.29, 1.82) is 0 Å². The number of thioether (sulfide) groups is 1. The fourth-order valence-electron chi connectivity index (χ4n) is 1.54. The maximum Gasteiger partial charge on any atom is 0.129 e. The lowest BCUT2D eigenvalue weighted by molar-refractivity contribution is 1.24. The average Bonchev–Trinajstić information content (AvgIpc) is 2.34. The van der Waals surface area contributed by atoms with Crippen LogP contribution in [-0.4, -0.2) is 4.98 Å². The molecule has 0 bridgehead atoms. The fourth-order valence-corrected chi connectivity index (χ4v) is 2.71. The van der Waals surface area contributed by atoms with E-state index in [0.29, 0.717) is 5.15 Å². The number of benzene rings is 1. The minimum atomic E-state index is 0.553. The van der Waals surface area contributed by atoms with E-state index >= 15 is 0 Å². The zero-order valence-electron chi connectivity index (χ0n) is 9.69. The third-order valence-corrected chi connectivity index (χ3v) is 3.85. The van der Waals surface area contributed by atoms with E-state index in [0.717, 1.165) is 11.5 Å². The Morgan fingerprint density at radius 2 is 1.94 bits per heavy atom. The summed E-state index contributed by atoms with van der Waals surface area (Å²) in [5.74, 6) is 2.01. The normalized spacial score (nSPS) is 10.5. The minimum absolute atomic E-state index is 0.553. The summed E-state index contributed by atoms with van der Waals surface area (Å²) in [5.41, 5.74) is 3.97. The van der Waals surface area contributed by atoms with Crippen molar-refractivity contribution in [2.24, 2.45) is 0 Å². The van der Waals surface area contributed by atoms with Gasteiger partial charge >= 0.3 is 0 Å². The van der Waals surface area contributed by atoms with Crippen LogP contribution in [0.25, 0.3) is 0 Å². The number of hydrogen-bond donors (Lipinski definition) is 0. The summed E-state index contributed by atoms with van der Waals surface area (Å²) >= 11 is 7.64. The van der Waals surface area contributed by atoms with Crippen molar-refractivity contribution in [3.8, 4) is 0 Å². The highest BCUT2D eigenvalue weighted by molar-refractivity contribution is 7.97. The Hall–Kier alpha value is -0.990. The number of nitrogens with zero attached hydrogens (tertiary/aromatic N) is 1. The van der Waals surface area contributed by atoms with Crippen LogP contribution >= 0.6 is 23.4 Å². The van der Waals surface area contributed by atoms with Crippen LogP contribution in [0.2, 0.25) is 5.15 Å². The average molecular weight is 264 g/mol. The molecule has 3 heteroatoms. The van der Waals surface area contributed by atoms with Crippen LogP contribution in [0.3, 0.4) is 0 Å². The zero-order chi connectivity index (χ0) is 12.1. The molecule has 0 radical (unpaired) electrons. The van der Waals surface area contributed by atoms with Gasteiger partial charge in [0.25, 0.3) is 0 Å². The van der Waals surface area contributed by atoms with Crippen LogP contribution < -0.4 is 0 Å². The van der Waals surface area contributed by atoms with Gasteiger partial charge in [-0.2, -0.15) is 11.8 Å². The Morgan fingerprint density at radius 3 is 2.65 bits per heavy atom. The van der Waals surface area contributed by atoms with Gasteiger partial charge in [0, 0.05) is 17.7 Å². The molecule has 0 atom stereocenters. The summed E-state index contributed by atoms with van der Waals surface area (Å²) < 4.78 is 0. The second kappa shape index (κ2) is 6.08. The van der Waals surface area contributed by atoms with Gasteiger partial charge in [0.2, 0.25) is 0 Å². The van der Waals surface area contributed by atoms with Crippen molar-refractivity contribution >= 4 is 23.4 Å². The molecule has 1 heterocycles. The van der Waals surface area contributed by atoms with Gasteiger partial charge in [-0.1, -0.05) is 41.9 Å². The monoisotopic (exact) mass is 263 g/mol. The lowest BCUT2D eigenvalue weighted by Gasteiger charge is -2.05. The first-order chi connectivity index (χ1) is 8.25. The second-order valence-corrected chi connectivity index (χ2v) is 5.28. The predicted molar refractivity (Wildman–Crippen MR) is 75.4 cm³/mol. The molecule has 17 heavy (non-hydrogen) atoms. The zero-order valence-corrected chi connectivity index (χ0v) is 11.3. The number of aromatic nitrogens is 1. The largest absolute Gasteiger partial charge is 0.244 e. The molecule has 0 fully saturated rings. The molecular weight excluding hydrogens is 250 g/mol. The van der Waals surface area contributed by atoms with Gasteiger partial charge in [-0.3, -0.25) is 0 Å². The summed E-state index contributed by atoms with van der Waals surface area (Å²) in [5, 5.41) is 0.553. The van der Waals surface area contributed by atoms with E-state index in [1.165, 1.54) is 16.7 Å². The van der Waals surface area contributed by atoms with Gasteiger partial charge in [-0.15, -0.1) is 0 Å².